The number of hydrogen-bond acceptors (Lipinski definition) is 3. The van der Waals surface area contributed by atoms with Gasteiger partial charge in [0.15, 0.2) is 0 Å². The highest BCUT2D eigenvalue weighted by Gasteiger charge is 2.26. The van der Waals surface area contributed by atoms with Gasteiger partial charge >= 0.3 is 0 Å². The molecule has 72 valence electrons. The predicted octanol–water partition coefficient (Wildman–Crippen LogP) is 0.346. The summed E-state index contributed by atoms with van der Waals surface area (Å²) in [6.07, 6.45) is 5.51. The van der Waals surface area contributed by atoms with Crippen molar-refractivity contribution in [1.82, 2.24) is 4.98 Å². The van der Waals surface area contributed by atoms with E-state index in [4.69, 9.17) is 10.2 Å². The van der Waals surface area contributed by atoms with E-state index in [0.717, 1.165) is 18.6 Å². The van der Waals surface area contributed by atoms with Gasteiger partial charge in [-0.2, -0.15) is 0 Å². The van der Waals surface area contributed by atoms with Crippen molar-refractivity contribution in [3.05, 3.63) is 0 Å². The molecule has 1 saturated carbocycles. The van der Waals surface area contributed by atoms with E-state index in [1.54, 1.807) is 0 Å². The van der Waals surface area contributed by atoms with Crippen LogP contribution in [0, 0.1) is 0 Å². The molecule has 1 aliphatic carbocycles. The summed E-state index contributed by atoms with van der Waals surface area (Å²) >= 11 is 0. The lowest BCUT2D eigenvalue weighted by atomic mass is 10.4. The summed E-state index contributed by atoms with van der Waals surface area (Å²) in [7, 11) is 0.719. The van der Waals surface area contributed by atoms with E-state index in [2.05, 4.69) is 4.98 Å². The minimum absolute atomic E-state index is 0.722. The molecule has 1 aliphatic rings. The quantitative estimate of drug-likeness (QED) is 0.612. The highest BCUT2D eigenvalue weighted by Crippen LogP contribution is 2.31. The fourth-order valence-corrected chi connectivity index (χ4v) is 4.34. The smallest absolute Gasteiger partial charge is 0.255 e. The Morgan fingerprint density at radius 2 is 2.17 bits per heavy atom. The summed E-state index contributed by atoms with van der Waals surface area (Å²) in [6.45, 7) is 1.64. The summed E-state index contributed by atoms with van der Waals surface area (Å²) in [4.78, 5) is 3.45. The fourth-order valence-electron chi connectivity index (χ4n) is 1.93. The second kappa shape index (κ2) is 5.69. The molecule has 0 aromatic carbocycles. The topological polar surface area (TPSA) is 47.3 Å². The van der Waals surface area contributed by atoms with Crippen molar-refractivity contribution < 1.29 is 4.43 Å². The van der Waals surface area contributed by atoms with Gasteiger partial charge in [-0.1, -0.05) is 12.8 Å². The fraction of sp³-hybridized carbons (Fsp3) is 1.00. The predicted molar refractivity (Wildman–Crippen MR) is 53.4 cm³/mol. The summed E-state index contributed by atoms with van der Waals surface area (Å²) in [6, 6.07) is 0. The van der Waals surface area contributed by atoms with Crippen LogP contribution in [0.3, 0.4) is 0 Å². The van der Waals surface area contributed by atoms with Crippen molar-refractivity contribution in [2.45, 2.75) is 31.2 Å². The molecule has 3 nitrogen and oxygen atoms in total. The molecular formula is C8H20N2OSi. The average molecular weight is 188 g/mol. The Balaban J connectivity index is 2.22. The number of nitrogens with two attached hydrogens (primary N) is 1. The van der Waals surface area contributed by atoms with Gasteiger partial charge in [-0.15, -0.1) is 0 Å². The van der Waals surface area contributed by atoms with E-state index >= 15 is 0 Å². The minimum Gasteiger partial charge on any atom is -0.409 e. The molecule has 0 aliphatic heterocycles. The van der Waals surface area contributed by atoms with Crippen LogP contribution in [0.5, 0.6) is 0 Å². The first-order chi connectivity index (χ1) is 5.88. The van der Waals surface area contributed by atoms with Crippen LogP contribution in [0.4, 0.5) is 0 Å². The maximum absolute atomic E-state index is 5.51. The minimum atomic E-state index is -1.11. The Bertz CT molecular complexity index is 118. The lowest BCUT2D eigenvalue weighted by Crippen LogP contribution is -2.42. The van der Waals surface area contributed by atoms with Crippen molar-refractivity contribution >= 4 is 9.20 Å². The molecule has 1 rings (SSSR count). The maximum atomic E-state index is 5.51. The molecule has 0 spiro atoms. The van der Waals surface area contributed by atoms with Gasteiger partial charge in [-0.05, 0) is 18.4 Å². The molecule has 0 aromatic rings. The first-order valence-corrected chi connectivity index (χ1v) is 6.56. The molecule has 1 unspecified atom stereocenters. The zero-order valence-corrected chi connectivity index (χ0v) is 9.04. The van der Waals surface area contributed by atoms with Crippen LogP contribution in [-0.2, 0) is 4.43 Å². The molecular weight excluding hydrogens is 168 g/mol. The van der Waals surface area contributed by atoms with Crippen LogP contribution in [-0.4, -0.2) is 29.4 Å². The molecule has 1 atom stereocenters. The number of rotatable bonds is 5. The summed E-state index contributed by atoms with van der Waals surface area (Å²) in [5.41, 5.74) is 6.28. The molecule has 4 heteroatoms. The monoisotopic (exact) mass is 188 g/mol. The van der Waals surface area contributed by atoms with Gasteiger partial charge in [0, 0.05) is 20.2 Å². The maximum Gasteiger partial charge on any atom is 0.255 e. The third-order valence-electron chi connectivity index (χ3n) is 2.57. The molecule has 3 N–H and O–H groups in total. The molecule has 0 radical (unpaired) electrons. The lowest BCUT2D eigenvalue weighted by molar-refractivity contribution is 0.392. The Kier molecular flexibility index (Phi) is 4.83. The first kappa shape index (κ1) is 10.2. The Hall–Kier alpha value is 0.0969. The highest BCUT2D eigenvalue weighted by atomic mass is 28.3. The van der Waals surface area contributed by atoms with Crippen molar-refractivity contribution in [3.63, 3.8) is 0 Å². The Morgan fingerprint density at radius 1 is 1.50 bits per heavy atom. The molecule has 0 bridgehead atoms. The molecule has 0 amide bonds. The second-order valence-corrected chi connectivity index (χ2v) is 6.11. The van der Waals surface area contributed by atoms with Crippen LogP contribution >= 0.6 is 0 Å². The van der Waals surface area contributed by atoms with E-state index in [-0.39, 0.29) is 0 Å². The molecule has 0 heterocycles. The third kappa shape index (κ3) is 2.86. The van der Waals surface area contributed by atoms with Crippen molar-refractivity contribution in [2.75, 3.05) is 20.2 Å². The number of hydrogen-bond donors (Lipinski definition) is 2. The van der Waals surface area contributed by atoms with E-state index in [0.29, 0.717) is 0 Å². The van der Waals surface area contributed by atoms with E-state index in [1.807, 2.05) is 7.11 Å². The van der Waals surface area contributed by atoms with Gasteiger partial charge in [0.25, 0.3) is 9.20 Å². The molecule has 12 heavy (non-hydrogen) atoms. The van der Waals surface area contributed by atoms with Gasteiger partial charge < -0.3 is 15.1 Å². The van der Waals surface area contributed by atoms with Crippen molar-refractivity contribution in [1.29, 1.82) is 0 Å². The van der Waals surface area contributed by atoms with Gasteiger partial charge in [-0.3, -0.25) is 0 Å². The SMILES string of the molecule is CO[SiH](NCCN)C1CCCC1. The van der Waals surface area contributed by atoms with Crippen molar-refractivity contribution in [2.24, 2.45) is 5.73 Å². The van der Waals surface area contributed by atoms with E-state index in [1.165, 1.54) is 25.7 Å². The number of nitrogens with one attached hydrogen (secondary N) is 1. The van der Waals surface area contributed by atoms with Gasteiger partial charge in [0.05, 0.1) is 0 Å². The highest BCUT2D eigenvalue weighted by molar-refractivity contribution is 6.50. The van der Waals surface area contributed by atoms with Crippen LogP contribution < -0.4 is 10.7 Å². The van der Waals surface area contributed by atoms with Gasteiger partial charge in [0.2, 0.25) is 0 Å². The summed E-state index contributed by atoms with van der Waals surface area (Å²) in [5.74, 6) is 0. The standard InChI is InChI=1S/C8H20N2OSi/c1-11-12(10-7-6-9)8-4-2-3-5-8/h8,10,12H,2-7,9H2,1H3. The van der Waals surface area contributed by atoms with Crippen molar-refractivity contribution in [3.8, 4) is 0 Å². The third-order valence-corrected chi connectivity index (χ3v) is 5.29. The molecule has 0 aromatic heterocycles. The van der Waals surface area contributed by atoms with E-state index < -0.39 is 9.20 Å². The summed E-state index contributed by atoms with van der Waals surface area (Å²) < 4.78 is 5.51. The van der Waals surface area contributed by atoms with Crippen LogP contribution in [0.1, 0.15) is 25.7 Å². The summed E-state index contributed by atoms with van der Waals surface area (Å²) in [5, 5.41) is 0. The second-order valence-electron chi connectivity index (χ2n) is 3.44. The molecule has 1 fully saturated rings. The first-order valence-electron chi connectivity index (χ1n) is 4.84. The van der Waals surface area contributed by atoms with Crippen LogP contribution in [0.15, 0.2) is 0 Å². The largest absolute Gasteiger partial charge is 0.409 e. The van der Waals surface area contributed by atoms with Crippen LogP contribution in [0.25, 0.3) is 0 Å². The zero-order valence-electron chi connectivity index (χ0n) is 7.88. The van der Waals surface area contributed by atoms with E-state index in [9.17, 15) is 0 Å². The Labute approximate surface area is 76.5 Å². The zero-order chi connectivity index (χ0) is 8.81. The lowest BCUT2D eigenvalue weighted by Gasteiger charge is -2.20. The van der Waals surface area contributed by atoms with Crippen LogP contribution in [0.2, 0.25) is 5.54 Å². The normalized spacial score (nSPS) is 21.5. The Morgan fingerprint density at radius 3 is 2.67 bits per heavy atom. The van der Waals surface area contributed by atoms with Gasteiger partial charge in [-0.25, -0.2) is 0 Å². The molecule has 0 saturated heterocycles. The van der Waals surface area contributed by atoms with Gasteiger partial charge in [0.1, 0.15) is 0 Å². The average Bonchev–Trinajstić information content (AvgIpc) is 2.59.